The molecule has 3 aromatic carbocycles. The Hall–Kier alpha value is -4.30. The summed E-state index contributed by atoms with van der Waals surface area (Å²) in [5, 5.41) is 3.36. The van der Waals surface area contributed by atoms with Gasteiger partial charge in [-0.1, -0.05) is 66.4 Å². The summed E-state index contributed by atoms with van der Waals surface area (Å²) in [6, 6.07) is 23.0. The molecule has 0 radical (unpaired) electrons. The van der Waals surface area contributed by atoms with Gasteiger partial charge in [-0.05, 0) is 48.7 Å². The molecule has 0 atom stereocenters. The van der Waals surface area contributed by atoms with Gasteiger partial charge >= 0.3 is 0 Å². The number of aromatic nitrogens is 3. The molecule has 5 aromatic rings. The fraction of sp³-hybridized carbons (Fsp3) is 0.138. The van der Waals surface area contributed by atoms with Crippen LogP contribution >= 0.6 is 11.8 Å². The number of thioether (sulfide) groups is 1. The standard InChI is InChI=1S/C29H26N4O3S/c1-18-13-14-24(36-3)22(15-18)31-25(34)17-37-29-32-26-21(20-10-5-4-6-11-20)16-30-27(26)28(35)33(29)23-12-8-7-9-19(23)2/h4-16,30H,17H2,1-3H3,(H,31,34). The third kappa shape index (κ3) is 4.88. The molecule has 2 N–H and O–H groups in total. The quantitative estimate of drug-likeness (QED) is 0.215. The van der Waals surface area contributed by atoms with Crippen LogP contribution in [-0.4, -0.2) is 33.3 Å². The number of anilines is 1. The lowest BCUT2D eigenvalue weighted by molar-refractivity contribution is -0.113. The molecular formula is C29H26N4O3S. The molecule has 0 aliphatic carbocycles. The fourth-order valence-corrected chi connectivity index (χ4v) is 5.03. The maximum absolute atomic E-state index is 13.8. The Bertz CT molecular complexity index is 1660. The summed E-state index contributed by atoms with van der Waals surface area (Å²) in [6.45, 7) is 3.90. The van der Waals surface area contributed by atoms with Crippen LogP contribution in [0.1, 0.15) is 11.1 Å². The maximum atomic E-state index is 13.8. The minimum absolute atomic E-state index is 0.0615. The molecule has 2 aromatic heterocycles. The van der Waals surface area contributed by atoms with Crippen molar-refractivity contribution in [1.29, 1.82) is 0 Å². The van der Waals surface area contributed by atoms with Crippen molar-refractivity contribution in [1.82, 2.24) is 14.5 Å². The number of benzene rings is 3. The second kappa shape index (κ2) is 10.4. The first-order valence-corrected chi connectivity index (χ1v) is 12.8. The molecule has 0 saturated carbocycles. The second-order valence-electron chi connectivity index (χ2n) is 8.65. The summed E-state index contributed by atoms with van der Waals surface area (Å²) in [5.41, 5.74) is 5.82. The van der Waals surface area contributed by atoms with E-state index < -0.39 is 0 Å². The monoisotopic (exact) mass is 510 g/mol. The smallest absolute Gasteiger partial charge is 0.283 e. The highest BCUT2D eigenvalue weighted by molar-refractivity contribution is 7.99. The largest absolute Gasteiger partial charge is 0.495 e. The number of aryl methyl sites for hydroxylation is 2. The summed E-state index contributed by atoms with van der Waals surface area (Å²) in [5.74, 6) is 0.420. The first kappa shape index (κ1) is 24.4. The van der Waals surface area contributed by atoms with E-state index in [0.717, 1.165) is 27.9 Å². The average molecular weight is 511 g/mol. The molecule has 0 bridgehead atoms. The number of H-pyrrole nitrogens is 1. The topological polar surface area (TPSA) is 89.0 Å². The van der Waals surface area contributed by atoms with Crippen molar-refractivity contribution in [3.05, 3.63) is 100 Å². The lowest BCUT2D eigenvalue weighted by Crippen LogP contribution is -2.23. The number of carbonyl (C=O) groups is 1. The van der Waals surface area contributed by atoms with E-state index in [-0.39, 0.29) is 17.2 Å². The second-order valence-corrected chi connectivity index (χ2v) is 9.60. The molecular weight excluding hydrogens is 484 g/mol. The zero-order chi connectivity index (χ0) is 25.9. The Morgan fingerprint density at radius 1 is 1.05 bits per heavy atom. The number of hydrogen-bond donors (Lipinski definition) is 2. The zero-order valence-corrected chi connectivity index (χ0v) is 21.6. The van der Waals surface area contributed by atoms with E-state index >= 15 is 0 Å². The molecule has 0 aliphatic heterocycles. The number of ether oxygens (including phenoxy) is 1. The SMILES string of the molecule is COc1ccc(C)cc1NC(=O)CSc1nc2c(-c3ccccc3)c[nH]c2c(=O)n1-c1ccccc1C. The Kier molecular flexibility index (Phi) is 6.83. The number of fused-ring (bicyclic) bond motifs is 1. The van der Waals surface area contributed by atoms with E-state index in [0.29, 0.717) is 27.6 Å². The van der Waals surface area contributed by atoms with E-state index in [1.165, 1.54) is 11.8 Å². The van der Waals surface area contributed by atoms with Crippen molar-refractivity contribution in [2.75, 3.05) is 18.2 Å². The number of carbonyl (C=O) groups excluding carboxylic acids is 1. The Morgan fingerprint density at radius 3 is 2.57 bits per heavy atom. The van der Waals surface area contributed by atoms with Crippen LogP contribution in [0.25, 0.3) is 27.8 Å². The van der Waals surface area contributed by atoms with Crippen LogP contribution in [0.5, 0.6) is 5.75 Å². The maximum Gasteiger partial charge on any atom is 0.283 e. The molecule has 8 heteroatoms. The van der Waals surface area contributed by atoms with Crippen molar-refractivity contribution < 1.29 is 9.53 Å². The molecule has 186 valence electrons. The number of hydrogen-bond acceptors (Lipinski definition) is 5. The average Bonchev–Trinajstić information content (AvgIpc) is 3.33. The molecule has 0 fully saturated rings. The fourth-order valence-electron chi connectivity index (χ4n) is 4.24. The van der Waals surface area contributed by atoms with Crippen LogP contribution in [0.3, 0.4) is 0 Å². The van der Waals surface area contributed by atoms with Gasteiger partial charge in [-0.25, -0.2) is 4.98 Å². The minimum Gasteiger partial charge on any atom is -0.495 e. The number of nitrogens with one attached hydrogen (secondary N) is 2. The van der Waals surface area contributed by atoms with E-state index in [2.05, 4.69) is 10.3 Å². The van der Waals surface area contributed by atoms with E-state index in [4.69, 9.17) is 9.72 Å². The lowest BCUT2D eigenvalue weighted by atomic mass is 10.1. The number of para-hydroxylation sites is 1. The molecule has 2 heterocycles. The van der Waals surface area contributed by atoms with Gasteiger partial charge in [0.1, 0.15) is 16.8 Å². The van der Waals surface area contributed by atoms with Crippen LogP contribution in [0, 0.1) is 13.8 Å². The van der Waals surface area contributed by atoms with Crippen LogP contribution in [0.15, 0.2) is 88.9 Å². The van der Waals surface area contributed by atoms with Crippen LogP contribution in [0.4, 0.5) is 5.69 Å². The van der Waals surface area contributed by atoms with Crippen LogP contribution in [0.2, 0.25) is 0 Å². The summed E-state index contributed by atoms with van der Waals surface area (Å²) in [6.07, 6.45) is 1.81. The van der Waals surface area contributed by atoms with Gasteiger partial charge in [0.2, 0.25) is 5.91 Å². The number of methoxy groups -OCH3 is 1. The number of nitrogens with zero attached hydrogens (tertiary/aromatic N) is 2. The van der Waals surface area contributed by atoms with E-state index in [1.54, 1.807) is 11.7 Å². The summed E-state index contributed by atoms with van der Waals surface area (Å²) in [4.78, 5) is 34.8. The predicted molar refractivity (Wildman–Crippen MR) is 149 cm³/mol. The van der Waals surface area contributed by atoms with Gasteiger partial charge in [0, 0.05) is 11.8 Å². The van der Waals surface area contributed by atoms with Gasteiger partial charge in [0.15, 0.2) is 5.16 Å². The number of rotatable bonds is 7. The lowest BCUT2D eigenvalue weighted by Gasteiger charge is -2.15. The highest BCUT2D eigenvalue weighted by atomic mass is 32.2. The van der Waals surface area contributed by atoms with Crippen LogP contribution < -0.4 is 15.6 Å². The van der Waals surface area contributed by atoms with Gasteiger partial charge in [-0.3, -0.25) is 14.2 Å². The molecule has 0 saturated heterocycles. The van der Waals surface area contributed by atoms with Gasteiger partial charge in [-0.2, -0.15) is 0 Å². The minimum atomic E-state index is -0.225. The van der Waals surface area contributed by atoms with Gasteiger partial charge in [0.25, 0.3) is 5.56 Å². The Balaban J connectivity index is 1.55. The van der Waals surface area contributed by atoms with Gasteiger partial charge in [-0.15, -0.1) is 0 Å². The predicted octanol–water partition coefficient (Wildman–Crippen LogP) is 5.74. The van der Waals surface area contributed by atoms with Gasteiger partial charge < -0.3 is 15.0 Å². The van der Waals surface area contributed by atoms with Crippen molar-refractivity contribution in [2.45, 2.75) is 19.0 Å². The Morgan fingerprint density at radius 2 is 1.81 bits per heavy atom. The van der Waals surface area contributed by atoms with Crippen LogP contribution in [-0.2, 0) is 4.79 Å². The highest BCUT2D eigenvalue weighted by Crippen LogP contribution is 2.30. The van der Waals surface area contributed by atoms with E-state index in [1.807, 2.05) is 92.8 Å². The third-order valence-electron chi connectivity index (χ3n) is 6.07. The highest BCUT2D eigenvalue weighted by Gasteiger charge is 2.20. The van der Waals surface area contributed by atoms with Crippen molar-refractivity contribution in [3.63, 3.8) is 0 Å². The molecule has 5 rings (SSSR count). The molecule has 37 heavy (non-hydrogen) atoms. The van der Waals surface area contributed by atoms with Crippen molar-refractivity contribution >= 4 is 34.4 Å². The normalized spacial score (nSPS) is 11.0. The van der Waals surface area contributed by atoms with E-state index in [9.17, 15) is 9.59 Å². The zero-order valence-electron chi connectivity index (χ0n) is 20.7. The first-order valence-electron chi connectivity index (χ1n) is 11.8. The molecule has 0 aliphatic rings. The summed E-state index contributed by atoms with van der Waals surface area (Å²) < 4.78 is 6.96. The number of amides is 1. The number of aromatic amines is 1. The Labute approximate surface area is 218 Å². The first-order chi connectivity index (χ1) is 18.0. The third-order valence-corrected chi connectivity index (χ3v) is 7.01. The summed E-state index contributed by atoms with van der Waals surface area (Å²) in [7, 11) is 1.57. The van der Waals surface area contributed by atoms with Gasteiger partial charge in [0.05, 0.1) is 24.2 Å². The molecule has 0 spiro atoms. The molecule has 1 amide bonds. The molecule has 7 nitrogen and oxygen atoms in total. The summed E-state index contributed by atoms with van der Waals surface area (Å²) >= 11 is 1.22. The van der Waals surface area contributed by atoms with Crippen molar-refractivity contribution in [3.8, 4) is 22.6 Å². The van der Waals surface area contributed by atoms with Crippen molar-refractivity contribution in [2.24, 2.45) is 0 Å². The molecule has 0 unspecified atom stereocenters.